The summed E-state index contributed by atoms with van der Waals surface area (Å²) in [6, 6.07) is 14.2. The van der Waals surface area contributed by atoms with Crippen molar-refractivity contribution in [2.24, 2.45) is 5.92 Å². The highest BCUT2D eigenvalue weighted by atomic mass is 28.4. The highest BCUT2D eigenvalue weighted by Gasteiger charge is 2.57. The molecule has 3 aromatic rings. The number of benzene rings is 2. The van der Waals surface area contributed by atoms with E-state index in [0.29, 0.717) is 11.3 Å². The van der Waals surface area contributed by atoms with Gasteiger partial charge in [-0.3, -0.25) is 23.5 Å². The number of carbonyl (C=O) groups excluding carboxylic acids is 2. The van der Waals surface area contributed by atoms with Gasteiger partial charge in [-0.25, -0.2) is 9.59 Å². The SMILES string of the molecule is COc1ccc(Cn2c(=O)ccn([C@@H]3O[C@H](C(O)[C@H](NCCCNC(=O)[C@@H](NC(=O)OCc4ccccc4)[C@@H](O)C(C)C)C(=O)O)[C@@H](O[Si](C)(C)C(C)(C)C)[C@H]3O[Si](C)(C)C(C)(C)C)c2=O)cc1. The van der Waals surface area contributed by atoms with Gasteiger partial charge in [-0.1, -0.05) is 97.9 Å². The number of carboxylic acids is 1. The van der Waals surface area contributed by atoms with Gasteiger partial charge in [0, 0.05) is 18.8 Å². The Morgan fingerprint density at radius 2 is 1.40 bits per heavy atom. The normalized spacial score (nSPS) is 19.8. The number of hydrogen-bond donors (Lipinski definition) is 6. The van der Waals surface area contributed by atoms with E-state index in [1.165, 1.54) is 23.9 Å². The molecule has 1 saturated heterocycles. The Hall–Kier alpha value is -4.68. The van der Waals surface area contributed by atoms with Crippen molar-refractivity contribution in [3.63, 3.8) is 0 Å². The average molecular weight is 986 g/mol. The lowest BCUT2D eigenvalue weighted by atomic mass is 9.99. The number of rotatable bonds is 22. The minimum atomic E-state index is -2.78. The third-order valence-corrected chi connectivity index (χ3v) is 22.3. The zero-order valence-electron chi connectivity index (χ0n) is 41.9. The second-order valence-corrected chi connectivity index (χ2v) is 30.3. The zero-order valence-corrected chi connectivity index (χ0v) is 43.9. The highest BCUT2D eigenvalue weighted by molar-refractivity contribution is 6.74. The molecule has 2 heterocycles. The molecule has 378 valence electrons. The molecule has 0 radical (unpaired) electrons. The van der Waals surface area contributed by atoms with Crippen LogP contribution in [-0.4, -0.2) is 122 Å². The molecule has 2 amide bonds. The van der Waals surface area contributed by atoms with Crippen molar-refractivity contribution >= 4 is 34.6 Å². The second-order valence-electron chi connectivity index (χ2n) is 20.8. The molecule has 0 saturated carbocycles. The molecule has 68 heavy (non-hydrogen) atoms. The standard InChI is InChI=1S/C48H75N5O13Si2/c1-30(2)37(55)35(51-45(60)63-29-32-18-15-14-16-19-32)42(57)50-26-17-25-49-36(44(58)59)38(56)39-40(65-67(10,11)47(3,4)5)41(66-68(12,13)48(6,7)8)43(64-39)52-27-24-34(54)53(46(52)61)28-31-20-22-33(62-9)23-21-31/h14-16,18-24,27,30,35-41,43,49,55-56H,17,25-26,28-29H2,1-13H3,(H,50,57)(H,51,60)(H,58,59)/t35-,36-,37-,38?,39+,40+,41+,43+/m0/s1. The first-order valence-electron chi connectivity index (χ1n) is 23.1. The number of aromatic nitrogens is 2. The molecule has 2 aromatic carbocycles. The first-order chi connectivity index (χ1) is 31.6. The van der Waals surface area contributed by atoms with Crippen LogP contribution in [0.2, 0.25) is 36.3 Å². The van der Waals surface area contributed by atoms with Gasteiger partial charge in [-0.2, -0.15) is 0 Å². The molecule has 4 rings (SSSR count). The fourth-order valence-corrected chi connectivity index (χ4v) is 9.62. The van der Waals surface area contributed by atoms with Crippen molar-refractivity contribution < 1.29 is 52.8 Å². The number of nitrogens with zero attached hydrogens (tertiary/aromatic N) is 2. The lowest BCUT2D eigenvalue weighted by Crippen LogP contribution is -2.59. The lowest BCUT2D eigenvalue weighted by Gasteiger charge is -2.44. The summed E-state index contributed by atoms with van der Waals surface area (Å²) >= 11 is 0. The number of aliphatic hydroxyl groups excluding tert-OH is 2. The lowest BCUT2D eigenvalue weighted by molar-refractivity contribution is -0.149. The quantitative estimate of drug-likeness (QED) is 0.0577. The summed E-state index contributed by atoms with van der Waals surface area (Å²) in [5.41, 5.74) is 0.141. The summed E-state index contributed by atoms with van der Waals surface area (Å²) in [7, 11) is -4.00. The topological polar surface area (TPSA) is 238 Å². The van der Waals surface area contributed by atoms with Gasteiger partial charge in [0.25, 0.3) is 5.56 Å². The van der Waals surface area contributed by atoms with Crippen LogP contribution in [0, 0.1) is 5.92 Å². The molecule has 1 aliphatic rings. The van der Waals surface area contributed by atoms with Crippen LogP contribution in [-0.2, 0) is 41.1 Å². The molecule has 0 spiro atoms. The predicted octanol–water partition coefficient (Wildman–Crippen LogP) is 4.97. The molecule has 1 fully saturated rings. The number of ether oxygens (including phenoxy) is 3. The van der Waals surface area contributed by atoms with Crippen LogP contribution >= 0.6 is 0 Å². The van der Waals surface area contributed by atoms with E-state index in [1.54, 1.807) is 62.4 Å². The molecular formula is C48H75N5O13Si2. The van der Waals surface area contributed by atoms with Gasteiger partial charge in [0.15, 0.2) is 22.9 Å². The van der Waals surface area contributed by atoms with Crippen molar-refractivity contribution in [2.45, 2.75) is 160 Å². The Labute approximate surface area is 401 Å². The number of nitrogens with one attached hydrogen (secondary N) is 3. The van der Waals surface area contributed by atoms with Crippen molar-refractivity contribution in [3.8, 4) is 5.75 Å². The van der Waals surface area contributed by atoms with E-state index in [-0.39, 0.29) is 42.7 Å². The van der Waals surface area contributed by atoms with E-state index < -0.39 is 101 Å². The van der Waals surface area contributed by atoms with Gasteiger partial charge < -0.3 is 54.3 Å². The minimum Gasteiger partial charge on any atom is -0.497 e. The third kappa shape index (κ3) is 14.2. The number of carbonyl (C=O) groups is 3. The highest BCUT2D eigenvalue weighted by Crippen LogP contribution is 2.46. The van der Waals surface area contributed by atoms with E-state index in [1.807, 2.05) is 53.0 Å². The molecule has 0 aliphatic carbocycles. The van der Waals surface area contributed by atoms with E-state index in [4.69, 9.17) is 23.1 Å². The number of methoxy groups -OCH3 is 1. The van der Waals surface area contributed by atoms with Crippen LogP contribution in [0.5, 0.6) is 5.75 Å². The van der Waals surface area contributed by atoms with Crippen LogP contribution < -0.4 is 31.9 Å². The number of hydrogen-bond acceptors (Lipinski definition) is 13. The largest absolute Gasteiger partial charge is 0.497 e. The number of carboxylic acid groups (broad SMARTS) is 1. The van der Waals surface area contributed by atoms with Gasteiger partial charge in [-0.15, -0.1) is 0 Å². The van der Waals surface area contributed by atoms with E-state index in [9.17, 15) is 39.3 Å². The molecule has 1 unspecified atom stereocenters. The maximum absolute atomic E-state index is 14.5. The van der Waals surface area contributed by atoms with Crippen molar-refractivity contribution in [1.29, 1.82) is 0 Å². The third-order valence-electron chi connectivity index (χ3n) is 13.3. The average Bonchev–Trinajstić information content (AvgIpc) is 3.59. The monoisotopic (exact) mass is 985 g/mol. The first-order valence-corrected chi connectivity index (χ1v) is 28.9. The summed E-state index contributed by atoms with van der Waals surface area (Å²) in [6.07, 6.45) is -7.18. The van der Waals surface area contributed by atoms with Crippen LogP contribution in [0.15, 0.2) is 76.4 Å². The van der Waals surface area contributed by atoms with Crippen LogP contribution in [0.25, 0.3) is 0 Å². The summed E-state index contributed by atoms with van der Waals surface area (Å²) in [5, 5.41) is 41.1. The molecule has 0 bridgehead atoms. The molecule has 18 nitrogen and oxygen atoms in total. The maximum Gasteiger partial charge on any atom is 0.408 e. The van der Waals surface area contributed by atoms with Gasteiger partial charge in [0.05, 0.1) is 19.8 Å². The first kappa shape index (κ1) is 55.9. The van der Waals surface area contributed by atoms with Crippen LogP contribution in [0.3, 0.4) is 0 Å². The summed E-state index contributed by atoms with van der Waals surface area (Å²) in [6.45, 7) is 23.7. The summed E-state index contributed by atoms with van der Waals surface area (Å²) in [5.74, 6) is -1.87. The number of aliphatic carboxylic acids is 1. The van der Waals surface area contributed by atoms with Crippen molar-refractivity contribution in [3.05, 3.63) is 98.8 Å². The Bertz CT molecular complexity index is 2260. The smallest absolute Gasteiger partial charge is 0.408 e. The Kier molecular flexibility index (Phi) is 19.1. The summed E-state index contributed by atoms with van der Waals surface area (Å²) in [4.78, 5) is 66.9. The summed E-state index contributed by atoms with van der Waals surface area (Å²) < 4.78 is 33.8. The van der Waals surface area contributed by atoms with E-state index >= 15 is 0 Å². The Balaban J connectivity index is 1.62. The zero-order chi connectivity index (χ0) is 50.9. The van der Waals surface area contributed by atoms with Gasteiger partial charge >= 0.3 is 17.8 Å². The fourth-order valence-electron chi connectivity index (χ4n) is 7.04. The number of aliphatic hydroxyl groups is 2. The number of amides is 2. The van der Waals surface area contributed by atoms with Crippen molar-refractivity contribution in [2.75, 3.05) is 20.2 Å². The predicted molar refractivity (Wildman–Crippen MR) is 263 cm³/mol. The Morgan fingerprint density at radius 3 is 1.94 bits per heavy atom. The van der Waals surface area contributed by atoms with Gasteiger partial charge in [0.2, 0.25) is 5.91 Å². The van der Waals surface area contributed by atoms with Crippen molar-refractivity contribution in [1.82, 2.24) is 25.1 Å². The fraction of sp³-hybridized carbons (Fsp3) is 0.604. The minimum absolute atomic E-state index is 0.00696. The van der Waals surface area contributed by atoms with Crippen LogP contribution in [0.4, 0.5) is 4.79 Å². The Morgan fingerprint density at radius 1 is 0.809 bits per heavy atom. The molecule has 1 aromatic heterocycles. The molecule has 6 N–H and O–H groups in total. The van der Waals surface area contributed by atoms with Gasteiger partial charge in [-0.05, 0) is 78.4 Å². The molecule has 8 atom stereocenters. The molecule has 1 aliphatic heterocycles. The second kappa shape index (κ2) is 23.3. The van der Waals surface area contributed by atoms with E-state index in [0.717, 1.165) is 10.1 Å². The molecule has 20 heteroatoms. The van der Waals surface area contributed by atoms with E-state index in [2.05, 4.69) is 36.7 Å². The van der Waals surface area contributed by atoms with Crippen LogP contribution in [0.1, 0.15) is 79.2 Å². The molecular weight excluding hydrogens is 911 g/mol. The van der Waals surface area contributed by atoms with Gasteiger partial charge in [0.1, 0.15) is 48.9 Å². The maximum atomic E-state index is 14.5. The number of alkyl carbamates (subject to hydrolysis) is 1.